The van der Waals surface area contributed by atoms with E-state index in [-0.39, 0.29) is 11.7 Å². The summed E-state index contributed by atoms with van der Waals surface area (Å²) in [6, 6.07) is 9.24. The maximum atomic E-state index is 13.0. The number of amides is 1. The smallest absolute Gasteiger partial charge is 0.255 e. The number of nitrogens with two attached hydrogens (primary N) is 1. The van der Waals surface area contributed by atoms with Gasteiger partial charge < -0.3 is 16.0 Å². The number of hydrogen-bond donors (Lipinski definition) is 2. The summed E-state index contributed by atoms with van der Waals surface area (Å²) in [5.74, 6) is -0.729. The fourth-order valence-corrected chi connectivity index (χ4v) is 3.39. The summed E-state index contributed by atoms with van der Waals surface area (Å²) in [5, 5.41) is 3.17. The quantitative estimate of drug-likeness (QED) is 0.779. The van der Waals surface area contributed by atoms with Gasteiger partial charge in [0.15, 0.2) is 0 Å². The zero-order chi connectivity index (χ0) is 18.0. The molecule has 1 amide bonds. The van der Waals surface area contributed by atoms with Crippen LogP contribution in [0.4, 0.5) is 21.5 Å². The van der Waals surface area contributed by atoms with Gasteiger partial charge in [-0.2, -0.15) is 0 Å². The van der Waals surface area contributed by atoms with Crippen LogP contribution >= 0.6 is 11.6 Å². The van der Waals surface area contributed by atoms with Crippen LogP contribution in [0.5, 0.6) is 0 Å². The second-order valence-corrected chi connectivity index (χ2v) is 6.80. The van der Waals surface area contributed by atoms with Crippen molar-refractivity contribution in [3.8, 4) is 0 Å². The standard InChI is InChI=1S/C19H21ClFN3O/c1-12-4-2-3-9-24(12)18-11-17(15(20)10-16(18)22)23-19(25)13-5-7-14(21)8-6-13/h5-8,10-12H,2-4,9,22H2,1H3,(H,23,25)/t12-/m1/s1. The first-order valence-corrected chi connectivity index (χ1v) is 8.76. The summed E-state index contributed by atoms with van der Waals surface area (Å²) in [5.41, 5.74) is 8.50. The number of nitrogens with one attached hydrogen (secondary N) is 1. The number of rotatable bonds is 3. The summed E-state index contributed by atoms with van der Waals surface area (Å²) < 4.78 is 13.0. The molecule has 6 heteroatoms. The topological polar surface area (TPSA) is 58.4 Å². The predicted molar refractivity (Wildman–Crippen MR) is 101 cm³/mol. The van der Waals surface area contributed by atoms with Crippen molar-refractivity contribution >= 4 is 34.6 Å². The molecule has 0 radical (unpaired) electrons. The minimum Gasteiger partial charge on any atom is -0.397 e. The van der Waals surface area contributed by atoms with Gasteiger partial charge in [0, 0.05) is 18.2 Å². The minimum absolute atomic E-state index is 0.343. The summed E-state index contributed by atoms with van der Waals surface area (Å²) in [6.07, 6.45) is 3.43. The van der Waals surface area contributed by atoms with E-state index < -0.39 is 0 Å². The Balaban J connectivity index is 1.87. The molecule has 2 aromatic carbocycles. The fourth-order valence-electron chi connectivity index (χ4n) is 3.17. The normalized spacial score (nSPS) is 17.4. The Kier molecular flexibility index (Phi) is 5.13. The van der Waals surface area contributed by atoms with Crippen molar-refractivity contribution in [2.45, 2.75) is 32.2 Å². The molecule has 1 saturated heterocycles. The van der Waals surface area contributed by atoms with Gasteiger partial charge >= 0.3 is 0 Å². The molecule has 1 heterocycles. The number of piperidine rings is 1. The number of carbonyl (C=O) groups is 1. The second-order valence-electron chi connectivity index (χ2n) is 6.39. The van der Waals surface area contributed by atoms with Gasteiger partial charge in [-0.15, -0.1) is 0 Å². The summed E-state index contributed by atoms with van der Waals surface area (Å²) >= 11 is 6.26. The maximum absolute atomic E-state index is 13.0. The Labute approximate surface area is 151 Å². The average molecular weight is 362 g/mol. The van der Waals surface area contributed by atoms with Crippen LogP contribution in [0.2, 0.25) is 5.02 Å². The van der Waals surface area contributed by atoms with E-state index in [1.54, 1.807) is 6.07 Å². The lowest BCUT2D eigenvalue weighted by molar-refractivity contribution is 0.102. The van der Waals surface area contributed by atoms with E-state index in [1.807, 2.05) is 6.07 Å². The Bertz CT molecular complexity index is 779. The largest absolute Gasteiger partial charge is 0.397 e. The number of halogens is 2. The van der Waals surface area contributed by atoms with Crippen molar-refractivity contribution < 1.29 is 9.18 Å². The van der Waals surface area contributed by atoms with Gasteiger partial charge in [0.2, 0.25) is 0 Å². The van der Waals surface area contributed by atoms with Gasteiger partial charge in [0.05, 0.1) is 22.1 Å². The van der Waals surface area contributed by atoms with E-state index in [0.717, 1.165) is 25.1 Å². The molecule has 0 bridgehead atoms. The number of hydrogen-bond acceptors (Lipinski definition) is 3. The van der Waals surface area contributed by atoms with Gasteiger partial charge in [-0.25, -0.2) is 4.39 Å². The highest BCUT2D eigenvalue weighted by Gasteiger charge is 2.22. The molecule has 1 aliphatic rings. The lowest BCUT2D eigenvalue weighted by Crippen LogP contribution is -2.37. The van der Waals surface area contributed by atoms with E-state index in [9.17, 15) is 9.18 Å². The molecule has 25 heavy (non-hydrogen) atoms. The van der Waals surface area contributed by atoms with Gasteiger partial charge in [-0.1, -0.05) is 11.6 Å². The maximum Gasteiger partial charge on any atom is 0.255 e. The fraction of sp³-hybridized carbons (Fsp3) is 0.316. The third kappa shape index (κ3) is 3.87. The molecule has 1 fully saturated rings. The highest BCUT2D eigenvalue weighted by atomic mass is 35.5. The van der Waals surface area contributed by atoms with Crippen molar-refractivity contribution in [1.29, 1.82) is 0 Å². The summed E-state index contributed by atoms with van der Waals surface area (Å²) in [6.45, 7) is 3.10. The first-order chi connectivity index (χ1) is 12.0. The lowest BCUT2D eigenvalue weighted by Gasteiger charge is -2.36. The van der Waals surface area contributed by atoms with E-state index in [0.29, 0.717) is 28.0 Å². The van der Waals surface area contributed by atoms with E-state index in [1.165, 1.54) is 30.7 Å². The Hall–Kier alpha value is -2.27. The molecule has 0 saturated carbocycles. The van der Waals surface area contributed by atoms with Gasteiger partial charge in [-0.05, 0) is 62.6 Å². The van der Waals surface area contributed by atoms with Crippen molar-refractivity contribution in [3.63, 3.8) is 0 Å². The molecule has 0 spiro atoms. The molecule has 0 unspecified atom stereocenters. The zero-order valence-corrected chi connectivity index (χ0v) is 14.8. The van der Waals surface area contributed by atoms with Crippen LogP contribution in [-0.4, -0.2) is 18.5 Å². The molecule has 3 rings (SSSR count). The van der Waals surface area contributed by atoms with Gasteiger partial charge in [0.25, 0.3) is 5.91 Å². The molecule has 4 nitrogen and oxygen atoms in total. The Morgan fingerprint density at radius 2 is 2.00 bits per heavy atom. The minimum atomic E-state index is -0.386. The van der Waals surface area contributed by atoms with Crippen molar-refractivity contribution in [3.05, 3.63) is 52.8 Å². The Morgan fingerprint density at radius 1 is 1.28 bits per heavy atom. The SMILES string of the molecule is C[C@@H]1CCCCN1c1cc(NC(=O)c2ccc(F)cc2)c(Cl)cc1N. The van der Waals surface area contributed by atoms with Gasteiger partial charge in [0.1, 0.15) is 5.82 Å². The van der Waals surface area contributed by atoms with Crippen LogP contribution in [0.1, 0.15) is 36.5 Å². The molecule has 2 aromatic rings. The second kappa shape index (κ2) is 7.31. The third-order valence-corrected chi connectivity index (χ3v) is 4.90. The van der Waals surface area contributed by atoms with Crippen LogP contribution in [0, 0.1) is 5.82 Å². The van der Waals surface area contributed by atoms with Crippen LogP contribution in [0.25, 0.3) is 0 Å². The molecule has 0 aromatic heterocycles. The molecule has 0 aliphatic carbocycles. The summed E-state index contributed by atoms with van der Waals surface area (Å²) in [7, 11) is 0. The Morgan fingerprint density at radius 3 is 2.68 bits per heavy atom. The van der Waals surface area contributed by atoms with Crippen molar-refractivity contribution in [2.24, 2.45) is 0 Å². The van der Waals surface area contributed by atoms with Gasteiger partial charge in [-0.3, -0.25) is 4.79 Å². The zero-order valence-electron chi connectivity index (χ0n) is 14.1. The first-order valence-electron chi connectivity index (χ1n) is 8.38. The monoisotopic (exact) mass is 361 g/mol. The molecule has 132 valence electrons. The number of nitrogen functional groups attached to an aromatic ring is 1. The highest BCUT2D eigenvalue weighted by Crippen LogP contribution is 2.36. The van der Waals surface area contributed by atoms with Crippen LogP contribution < -0.4 is 16.0 Å². The van der Waals surface area contributed by atoms with Crippen molar-refractivity contribution in [1.82, 2.24) is 0 Å². The molecular weight excluding hydrogens is 341 g/mol. The van der Waals surface area contributed by atoms with E-state index in [2.05, 4.69) is 17.1 Å². The average Bonchev–Trinajstić information content (AvgIpc) is 2.58. The van der Waals surface area contributed by atoms with E-state index >= 15 is 0 Å². The molecule has 1 atom stereocenters. The summed E-state index contributed by atoms with van der Waals surface area (Å²) in [4.78, 5) is 14.6. The molecule has 3 N–H and O–H groups in total. The first kappa shape index (κ1) is 17.5. The van der Waals surface area contributed by atoms with Crippen LogP contribution in [-0.2, 0) is 0 Å². The molecular formula is C19H21ClFN3O. The number of nitrogens with zero attached hydrogens (tertiary/aromatic N) is 1. The predicted octanol–water partition coefficient (Wildman–Crippen LogP) is 4.69. The number of anilines is 3. The lowest BCUT2D eigenvalue weighted by atomic mass is 10.0. The third-order valence-electron chi connectivity index (χ3n) is 4.58. The van der Waals surface area contributed by atoms with E-state index in [4.69, 9.17) is 17.3 Å². The number of carbonyl (C=O) groups excluding carboxylic acids is 1. The molecule has 1 aliphatic heterocycles. The number of benzene rings is 2. The highest BCUT2D eigenvalue weighted by molar-refractivity contribution is 6.34. The van der Waals surface area contributed by atoms with Crippen LogP contribution in [0.3, 0.4) is 0 Å². The van der Waals surface area contributed by atoms with Crippen molar-refractivity contribution in [2.75, 3.05) is 22.5 Å². The van der Waals surface area contributed by atoms with Crippen LogP contribution in [0.15, 0.2) is 36.4 Å².